The van der Waals surface area contributed by atoms with Crippen molar-refractivity contribution in [1.82, 2.24) is 10.6 Å². The van der Waals surface area contributed by atoms with Gasteiger partial charge in [0.15, 0.2) is 0 Å². The largest absolute Gasteiger partial charge is 0.313 e. The van der Waals surface area contributed by atoms with Crippen LogP contribution in [0, 0.1) is 5.92 Å². The number of hydrogen-bond donors (Lipinski definition) is 2. The number of hydrogen-bond acceptors (Lipinski definition) is 6. The second-order valence-electron chi connectivity index (χ2n) is 7.25. The van der Waals surface area contributed by atoms with Gasteiger partial charge in [0, 0.05) is 36.4 Å². The molecule has 134 valence electrons. The van der Waals surface area contributed by atoms with Gasteiger partial charge in [-0.05, 0) is 50.2 Å². The average Bonchev–Trinajstić information content (AvgIpc) is 3.06. The highest BCUT2D eigenvalue weighted by atomic mass is 32.2. The molecule has 7 heteroatoms. The highest BCUT2D eigenvalue weighted by Gasteiger charge is 2.34. The van der Waals surface area contributed by atoms with Crippen molar-refractivity contribution >= 4 is 33.4 Å². The van der Waals surface area contributed by atoms with Gasteiger partial charge in [-0.15, -0.1) is 11.8 Å². The minimum Gasteiger partial charge on any atom is -0.313 e. The summed E-state index contributed by atoms with van der Waals surface area (Å²) in [5.74, 6) is 3.23. The lowest BCUT2D eigenvalue weighted by molar-refractivity contribution is 0.239. The maximum Gasteiger partial charge on any atom is 0.150 e. The molecule has 3 atom stereocenters. The molecule has 1 aliphatic carbocycles. The normalized spacial score (nSPS) is 39.4. The summed E-state index contributed by atoms with van der Waals surface area (Å²) in [4.78, 5) is 0. The maximum atomic E-state index is 11.7. The van der Waals surface area contributed by atoms with E-state index < -0.39 is 9.84 Å². The second-order valence-corrected chi connectivity index (χ2v) is 12.2. The number of piperazine rings is 1. The van der Waals surface area contributed by atoms with Crippen LogP contribution in [-0.4, -0.2) is 61.2 Å². The van der Waals surface area contributed by atoms with Crippen molar-refractivity contribution in [3.63, 3.8) is 0 Å². The Labute approximate surface area is 149 Å². The van der Waals surface area contributed by atoms with Gasteiger partial charge in [-0.1, -0.05) is 0 Å². The van der Waals surface area contributed by atoms with Crippen molar-refractivity contribution in [3.8, 4) is 0 Å². The van der Waals surface area contributed by atoms with Gasteiger partial charge >= 0.3 is 0 Å². The molecule has 4 nitrogen and oxygen atoms in total. The van der Waals surface area contributed by atoms with Gasteiger partial charge in [-0.25, -0.2) is 8.42 Å². The molecule has 2 aliphatic heterocycles. The molecule has 1 saturated carbocycles. The monoisotopic (exact) mass is 378 g/mol. The van der Waals surface area contributed by atoms with Gasteiger partial charge in [-0.3, -0.25) is 5.32 Å². The predicted octanol–water partition coefficient (Wildman–Crippen LogP) is 2.11. The van der Waals surface area contributed by atoms with Crippen LogP contribution in [0.1, 0.15) is 38.5 Å². The molecular formula is C16H30N2O2S3. The number of thioether (sulfide) groups is 2. The van der Waals surface area contributed by atoms with Crippen molar-refractivity contribution in [1.29, 1.82) is 0 Å². The molecule has 3 unspecified atom stereocenters. The zero-order chi connectivity index (χ0) is 16.3. The molecular weight excluding hydrogens is 348 g/mol. The van der Waals surface area contributed by atoms with Gasteiger partial charge in [-0.2, -0.15) is 11.8 Å². The predicted molar refractivity (Wildman–Crippen MR) is 102 cm³/mol. The topological polar surface area (TPSA) is 58.2 Å². The van der Waals surface area contributed by atoms with Crippen LogP contribution in [0.5, 0.6) is 0 Å². The molecule has 0 spiro atoms. The molecule has 0 bridgehead atoms. The van der Waals surface area contributed by atoms with Gasteiger partial charge in [0.1, 0.15) is 9.84 Å². The Kier molecular flexibility index (Phi) is 6.63. The summed E-state index contributed by atoms with van der Waals surface area (Å²) in [6, 6.07) is 0.512. The number of nitrogens with one attached hydrogen (secondary N) is 2. The summed E-state index contributed by atoms with van der Waals surface area (Å²) in [7, 11) is -2.85. The van der Waals surface area contributed by atoms with Crippen molar-refractivity contribution < 1.29 is 8.42 Å². The van der Waals surface area contributed by atoms with Crippen LogP contribution in [0.4, 0.5) is 0 Å². The first-order valence-electron chi connectivity index (χ1n) is 8.91. The number of sulfone groups is 1. The van der Waals surface area contributed by atoms with Crippen LogP contribution in [0.2, 0.25) is 0 Å². The smallest absolute Gasteiger partial charge is 0.150 e. The van der Waals surface area contributed by atoms with E-state index in [0.29, 0.717) is 17.3 Å². The molecule has 2 heterocycles. The third-order valence-electron chi connectivity index (χ3n) is 5.49. The standard InChI is InChI=1S/C16H30N2O2S3/c1-23(19,20)14-6-4-12(5-7-14)15-9-17-10-16(18-15)22-11-13-3-2-8-21-13/h12-18H,2-11H2,1H3. The van der Waals surface area contributed by atoms with Crippen LogP contribution in [0.3, 0.4) is 0 Å². The first-order chi connectivity index (χ1) is 11.0. The van der Waals surface area contributed by atoms with Crippen LogP contribution >= 0.6 is 23.5 Å². The second kappa shape index (κ2) is 8.30. The van der Waals surface area contributed by atoms with E-state index in [2.05, 4.69) is 34.2 Å². The fourth-order valence-electron chi connectivity index (χ4n) is 4.05. The highest BCUT2D eigenvalue weighted by molar-refractivity contribution is 8.03. The molecule has 2 saturated heterocycles. The minimum atomic E-state index is -2.85. The third-order valence-corrected chi connectivity index (χ3v) is 10.1. The van der Waals surface area contributed by atoms with E-state index in [0.717, 1.165) is 44.0 Å². The Morgan fingerprint density at radius 2 is 1.91 bits per heavy atom. The van der Waals surface area contributed by atoms with Crippen LogP contribution in [0.15, 0.2) is 0 Å². The molecule has 3 rings (SSSR count). The SMILES string of the molecule is CS(=O)(=O)C1CCC(C2CNCC(SCC3CCCS3)N2)CC1. The van der Waals surface area contributed by atoms with Crippen LogP contribution in [0.25, 0.3) is 0 Å². The van der Waals surface area contributed by atoms with Gasteiger partial charge in [0.2, 0.25) is 0 Å². The van der Waals surface area contributed by atoms with E-state index in [1.807, 2.05) is 0 Å². The Hall–Kier alpha value is 0.570. The summed E-state index contributed by atoms with van der Waals surface area (Å²) in [6.07, 6.45) is 7.96. The highest BCUT2D eigenvalue weighted by Crippen LogP contribution is 2.33. The molecule has 2 N–H and O–H groups in total. The molecule has 0 aromatic heterocycles. The first kappa shape index (κ1) is 18.4. The van der Waals surface area contributed by atoms with Crippen LogP contribution in [-0.2, 0) is 9.84 Å². The zero-order valence-corrected chi connectivity index (χ0v) is 16.4. The minimum absolute atomic E-state index is 0.0973. The van der Waals surface area contributed by atoms with Crippen molar-refractivity contribution in [2.24, 2.45) is 5.92 Å². The Morgan fingerprint density at radius 3 is 2.57 bits per heavy atom. The van der Waals surface area contributed by atoms with E-state index in [-0.39, 0.29) is 5.25 Å². The van der Waals surface area contributed by atoms with E-state index in [4.69, 9.17) is 0 Å². The molecule has 3 aliphatic rings. The maximum absolute atomic E-state index is 11.7. The average molecular weight is 379 g/mol. The van der Waals surface area contributed by atoms with E-state index in [1.165, 1.54) is 30.6 Å². The third kappa shape index (κ3) is 5.27. The van der Waals surface area contributed by atoms with Gasteiger partial charge < -0.3 is 5.32 Å². The van der Waals surface area contributed by atoms with Gasteiger partial charge in [0.05, 0.1) is 10.6 Å². The Bertz CT molecular complexity index is 472. The summed E-state index contributed by atoms with van der Waals surface area (Å²) in [5.41, 5.74) is 0. The molecule has 0 amide bonds. The van der Waals surface area contributed by atoms with E-state index in [1.54, 1.807) is 0 Å². The Balaban J connectivity index is 1.43. The summed E-state index contributed by atoms with van der Waals surface area (Å²) < 4.78 is 23.4. The number of rotatable bonds is 5. The van der Waals surface area contributed by atoms with E-state index >= 15 is 0 Å². The quantitative estimate of drug-likeness (QED) is 0.764. The fourth-order valence-corrected chi connectivity index (χ4v) is 7.92. The van der Waals surface area contributed by atoms with E-state index in [9.17, 15) is 8.42 Å². The summed E-state index contributed by atoms with van der Waals surface area (Å²) in [5, 5.41) is 8.71. The molecule has 3 fully saturated rings. The molecule has 23 heavy (non-hydrogen) atoms. The summed E-state index contributed by atoms with van der Waals surface area (Å²) in [6.45, 7) is 2.08. The lowest BCUT2D eigenvalue weighted by atomic mass is 9.83. The van der Waals surface area contributed by atoms with Crippen molar-refractivity contribution in [2.75, 3.05) is 30.9 Å². The Morgan fingerprint density at radius 1 is 1.13 bits per heavy atom. The van der Waals surface area contributed by atoms with Crippen LogP contribution < -0.4 is 10.6 Å². The molecule has 0 radical (unpaired) electrons. The fraction of sp³-hybridized carbons (Fsp3) is 1.00. The van der Waals surface area contributed by atoms with Crippen molar-refractivity contribution in [3.05, 3.63) is 0 Å². The molecule has 0 aromatic rings. The zero-order valence-electron chi connectivity index (χ0n) is 14.0. The molecule has 0 aromatic carbocycles. The lowest BCUT2D eigenvalue weighted by Gasteiger charge is -2.39. The summed E-state index contributed by atoms with van der Waals surface area (Å²) >= 11 is 4.21. The van der Waals surface area contributed by atoms with Gasteiger partial charge in [0.25, 0.3) is 0 Å². The lowest BCUT2D eigenvalue weighted by Crippen LogP contribution is -2.57. The first-order valence-corrected chi connectivity index (χ1v) is 13.0. The van der Waals surface area contributed by atoms with Crippen molar-refractivity contribution in [2.45, 2.75) is 60.4 Å².